The van der Waals surface area contributed by atoms with Gasteiger partial charge in [-0.3, -0.25) is 19.3 Å². The van der Waals surface area contributed by atoms with E-state index in [9.17, 15) is 27.6 Å². The Morgan fingerprint density at radius 3 is 2.40 bits per heavy atom. The molecule has 4 rings (SSSR count). The SMILES string of the molecule is CCN(C(=O)C(C)OC(=O)c1ccc2c(c1)C(=O)N(Cc1ccccc1)C2=O)C1CCS(=O)(=O)C1. The van der Waals surface area contributed by atoms with Crippen molar-refractivity contribution in [2.24, 2.45) is 0 Å². The van der Waals surface area contributed by atoms with Gasteiger partial charge in [-0.1, -0.05) is 30.3 Å². The van der Waals surface area contributed by atoms with E-state index < -0.39 is 45.7 Å². The van der Waals surface area contributed by atoms with Gasteiger partial charge in [0, 0.05) is 12.6 Å². The number of nitrogens with zero attached hydrogens (tertiary/aromatic N) is 2. The van der Waals surface area contributed by atoms with Gasteiger partial charge in [-0.2, -0.15) is 0 Å². The number of hydrogen-bond donors (Lipinski definition) is 0. The van der Waals surface area contributed by atoms with Crippen molar-refractivity contribution in [1.29, 1.82) is 0 Å². The van der Waals surface area contributed by atoms with Crippen molar-refractivity contribution in [2.75, 3.05) is 18.1 Å². The summed E-state index contributed by atoms with van der Waals surface area (Å²) in [6.45, 7) is 3.56. The first-order valence-corrected chi connectivity index (χ1v) is 13.2. The van der Waals surface area contributed by atoms with Crippen molar-refractivity contribution in [3.05, 3.63) is 70.8 Å². The van der Waals surface area contributed by atoms with E-state index in [1.54, 1.807) is 6.92 Å². The number of carbonyl (C=O) groups is 4. The van der Waals surface area contributed by atoms with Crippen LogP contribution in [0.1, 0.15) is 56.9 Å². The molecule has 2 aliphatic rings. The third-order valence-corrected chi connectivity index (χ3v) is 8.04. The number of rotatable bonds is 7. The number of ether oxygens (including phenoxy) is 1. The van der Waals surface area contributed by atoms with Gasteiger partial charge in [-0.25, -0.2) is 13.2 Å². The normalized spacial score (nSPS) is 19.4. The van der Waals surface area contributed by atoms with E-state index in [1.165, 1.54) is 30.0 Å². The Morgan fingerprint density at radius 1 is 1.09 bits per heavy atom. The van der Waals surface area contributed by atoms with Crippen LogP contribution in [0, 0.1) is 0 Å². The lowest BCUT2D eigenvalue weighted by Gasteiger charge is -2.29. The largest absolute Gasteiger partial charge is 0.449 e. The highest BCUT2D eigenvalue weighted by molar-refractivity contribution is 7.91. The maximum absolute atomic E-state index is 12.9. The minimum atomic E-state index is -3.18. The highest BCUT2D eigenvalue weighted by Gasteiger charge is 2.38. The molecule has 2 atom stereocenters. The second-order valence-corrected chi connectivity index (χ2v) is 10.9. The zero-order valence-electron chi connectivity index (χ0n) is 19.5. The fourth-order valence-electron chi connectivity index (χ4n) is 4.45. The van der Waals surface area contributed by atoms with E-state index in [-0.39, 0.29) is 41.3 Å². The summed E-state index contributed by atoms with van der Waals surface area (Å²) in [4.78, 5) is 53.8. The van der Waals surface area contributed by atoms with Crippen LogP contribution in [0.15, 0.2) is 48.5 Å². The molecule has 9 nitrogen and oxygen atoms in total. The van der Waals surface area contributed by atoms with Crippen LogP contribution in [0.25, 0.3) is 0 Å². The Bertz CT molecular complexity index is 1290. The van der Waals surface area contributed by atoms with Crippen LogP contribution in [0.2, 0.25) is 0 Å². The first-order valence-electron chi connectivity index (χ1n) is 11.4. The molecule has 35 heavy (non-hydrogen) atoms. The topological polar surface area (TPSA) is 118 Å². The number of sulfone groups is 1. The van der Waals surface area contributed by atoms with Crippen LogP contribution in [0.4, 0.5) is 0 Å². The number of benzene rings is 2. The third-order valence-electron chi connectivity index (χ3n) is 6.29. The monoisotopic (exact) mass is 498 g/mol. The average molecular weight is 499 g/mol. The molecular weight excluding hydrogens is 472 g/mol. The molecule has 2 aliphatic heterocycles. The van der Waals surface area contributed by atoms with Crippen LogP contribution in [-0.4, -0.2) is 72.1 Å². The van der Waals surface area contributed by atoms with Gasteiger partial charge in [-0.05, 0) is 44.0 Å². The van der Waals surface area contributed by atoms with Gasteiger partial charge in [0.1, 0.15) is 0 Å². The summed E-state index contributed by atoms with van der Waals surface area (Å²) in [7, 11) is -3.18. The zero-order chi connectivity index (χ0) is 25.3. The lowest BCUT2D eigenvalue weighted by molar-refractivity contribution is -0.141. The Morgan fingerprint density at radius 2 is 1.77 bits per heavy atom. The molecule has 0 bridgehead atoms. The molecule has 2 heterocycles. The summed E-state index contributed by atoms with van der Waals surface area (Å²) in [5.74, 6) is -2.32. The van der Waals surface area contributed by atoms with Gasteiger partial charge in [0.2, 0.25) is 0 Å². The van der Waals surface area contributed by atoms with Crippen molar-refractivity contribution in [2.45, 2.75) is 39.0 Å². The molecule has 2 aromatic carbocycles. The first-order chi connectivity index (χ1) is 16.6. The quantitative estimate of drug-likeness (QED) is 0.424. The van der Waals surface area contributed by atoms with E-state index in [2.05, 4.69) is 0 Å². The molecule has 10 heteroatoms. The summed E-state index contributed by atoms with van der Waals surface area (Å²) in [6, 6.07) is 12.7. The Balaban J connectivity index is 1.45. The number of esters is 1. The zero-order valence-corrected chi connectivity index (χ0v) is 20.3. The lowest BCUT2D eigenvalue weighted by atomic mass is 10.1. The highest BCUT2D eigenvalue weighted by atomic mass is 32.2. The van der Waals surface area contributed by atoms with E-state index in [1.807, 2.05) is 30.3 Å². The molecule has 1 saturated heterocycles. The Hall–Kier alpha value is -3.53. The smallest absolute Gasteiger partial charge is 0.338 e. The minimum absolute atomic E-state index is 0.0266. The summed E-state index contributed by atoms with van der Waals surface area (Å²) < 4.78 is 29.0. The molecule has 184 valence electrons. The Labute approximate surface area is 203 Å². The molecule has 2 aromatic rings. The van der Waals surface area contributed by atoms with Gasteiger partial charge in [0.15, 0.2) is 15.9 Å². The van der Waals surface area contributed by atoms with Crippen molar-refractivity contribution in [1.82, 2.24) is 9.80 Å². The number of hydrogen-bond acceptors (Lipinski definition) is 7. The van der Waals surface area contributed by atoms with Crippen molar-refractivity contribution >= 4 is 33.5 Å². The standard InChI is InChI=1S/C25H26N2O7S/c1-3-26(19-11-12-35(32,33)15-19)22(28)16(2)34-25(31)18-9-10-20-21(13-18)24(30)27(23(20)29)14-17-7-5-4-6-8-17/h4-10,13,16,19H,3,11-12,14-15H2,1-2H3. The van der Waals surface area contributed by atoms with Crippen molar-refractivity contribution in [3.8, 4) is 0 Å². The number of likely N-dealkylation sites (N-methyl/N-ethyl adjacent to an activating group) is 1. The predicted molar refractivity (Wildman–Crippen MR) is 126 cm³/mol. The van der Waals surface area contributed by atoms with Crippen LogP contribution in [0.3, 0.4) is 0 Å². The van der Waals surface area contributed by atoms with Crippen LogP contribution in [0.5, 0.6) is 0 Å². The number of amides is 3. The summed E-state index contributed by atoms with van der Waals surface area (Å²) in [5.41, 5.74) is 1.14. The van der Waals surface area contributed by atoms with Crippen LogP contribution < -0.4 is 0 Å². The number of imide groups is 1. The molecule has 1 fully saturated rings. The molecule has 0 aromatic heterocycles. The number of carbonyl (C=O) groups excluding carboxylic acids is 4. The summed E-state index contributed by atoms with van der Waals surface area (Å²) >= 11 is 0. The summed E-state index contributed by atoms with van der Waals surface area (Å²) in [5, 5.41) is 0. The molecule has 0 radical (unpaired) electrons. The first kappa shape index (κ1) is 24.6. The van der Waals surface area contributed by atoms with Gasteiger partial charge in [0.25, 0.3) is 17.7 Å². The second-order valence-electron chi connectivity index (χ2n) is 8.67. The van der Waals surface area contributed by atoms with E-state index in [0.29, 0.717) is 6.42 Å². The average Bonchev–Trinajstić information content (AvgIpc) is 3.31. The molecule has 0 N–H and O–H groups in total. The van der Waals surface area contributed by atoms with E-state index in [4.69, 9.17) is 4.74 Å². The molecule has 0 saturated carbocycles. The molecular formula is C25H26N2O7S. The molecule has 0 spiro atoms. The Kier molecular flexibility index (Phi) is 6.75. The van der Waals surface area contributed by atoms with E-state index >= 15 is 0 Å². The van der Waals surface area contributed by atoms with Gasteiger partial charge < -0.3 is 9.64 Å². The fraction of sp³-hybridized carbons (Fsp3) is 0.360. The van der Waals surface area contributed by atoms with Crippen LogP contribution in [-0.2, 0) is 25.9 Å². The fourth-order valence-corrected chi connectivity index (χ4v) is 6.19. The highest BCUT2D eigenvalue weighted by Crippen LogP contribution is 2.26. The van der Waals surface area contributed by atoms with Gasteiger partial charge in [0.05, 0.1) is 34.7 Å². The lowest BCUT2D eigenvalue weighted by Crippen LogP contribution is -2.46. The maximum Gasteiger partial charge on any atom is 0.338 e. The molecule has 0 aliphatic carbocycles. The predicted octanol–water partition coefficient (Wildman–Crippen LogP) is 2.06. The molecule has 2 unspecified atom stereocenters. The maximum atomic E-state index is 12.9. The van der Waals surface area contributed by atoms with Crippen molar-refractivity contribution < 1.29 is 32.3 Å². The second kappa shape index (κ2) is 9.61. The van der Waals surface area contributed by atoms with Crippen molar-refractivity contribution in [3.63, 3.8) is 0 Å². The van der Waals surface area contributed by atoms with Gasteiger partial charge >= 0.3 is 5.97 Å². The summed E-state index contributed by atoms with van der Waals surface area (Å²) in [6.07, 6.45) is -0.797. The van der Waals surface area contributed by atoms with E-state index in [0.717, 1.165) is 10.5 Å². The van der Waals surface area contributed by atoms with Gasteiger partial charge in [-0.15, -0.1) is 0 Å². The van der Waals surface area contributed by atoms with Crippen LogP contribution >= 0.6 is 0 Å². The third kappa shape index (κ3) is 4.97. The number of fused-ring (bicyclic) bond motifs is 1. The molecule has 3 amide bonds. The minimum Gasteiger partial charge on any atom is -0.449 e.